The van der Waals surface area contributed by atoms with E-state index in [9.17, 15) is 0 Å². The SMILES string of the molecule is Cc1ccc(-c2[c-]cncc2)[c-]c1-c1cc2c(c[n+]1C)[Si]1(CCCCC1)CC2.[B].[Y]. The Balaban J connectivity index is 0.00000128. The Kier molecular flexibility index (Phi) is 7.53. The minimum atomic E-state index is -1.22. The number of rotatable bonds is 2. The van der Waals surface area contributed by atoms with E-state index in [1.165, 1.54) is 60.6 Å². The van der Waals surface area contributed by atoms with Crippen LogP contribution in [-0.4, -0.2) is 21.5 Å². The Hall–Kier alpha value is -1.09. The molecule has 5 rings (SSSR count). The summed E-state index contributed by atoms with van der Waals surface area (Å²) in [6.07, 6.45) is 11.7. The summed E-state index contributed by atoms with van der Waals surface area (Å²) in [5.41, 5.74) is 7.52. The van der Waals surface area contributed by atoms with Gasteiger partial charge in [0.25, 0.3) is 0 Å². The summed E-state index contributed by atoms with van der Waals surface area (Å²) in [5.74, 6) is 0. The van der Waals surface area contributed by atoms with Crippen molar-refractivity contribution in [3.63, 3.8) is 0 Å². The molecule has 0 saturated carbocycles. The second-order valence-corrected chi connectivity index (χ2v) is 13.2. The molecule has 0 atom stereocenters. The molecule has 2 aliphatic heterocycles. The van der Waals surface area contributed by atoms with Gasteiger partial charge in [-0.3, -0.25) is 4.98 Å². The van der Waals surface area contributed by atoms with Gasteiger partial charge < -0.3 is 0 Å². The van der Waals surface area contributed by atoms with Crippen molar-refractivity contribution in [3.8, 4) is 22.4 Å². The molecule has 0 unspecified atom stereocenters. The number of pyridine rings is 2. The fraction of sp³-hybridized carbons (Fsp3) is 0.360. The third-order valence-corrected chi connectivity index (χ3v) is 12.4. The van der Waals surface area contributed by atoms with Gasteiger partial charge in [-0.15, -0.1) is 11.6 Å². The van der Waals surface area contributed by atoms with E-state index < -0.39 is 8.07 Å². The van der Waals surface area contributed by atoms with E-state index in [1.54, 1.807) is 16.9 Å². The van der Waals surface area contributed by atoms with Crippen molar-refractivity contribution >= 4 is 21.7 Å². The zero-order chi connectivity index (χ0) is 19.1. The quantitative estimate of drug-likeness (QED) is 0.304. The van der Waals surface area contributed by atoms with E-state index >= 15 is 0 Å². The molecule has 1 fully saturated rings. The third-order valence-electron chi connectivity index (χ3n) is 6.94. The minimum absolute atomic E-state index is 0. The zero-order valence-electron chi connectivity index (χ0n) is 18.0. The molecule has 0 aliphatic carbocycles. The predicted octanol–water partition coefficient (Wildman–Crippen LogP) is 4.16. The van der Waals surface area contributed by atoms with Crippen LogP contribution in [0.4, 0.5) is 0 Å². The second-order valence-electron chi connectivity index (χ2n) is 8.63. The molecule has 1 aromatic carbocycles. The van der Waals surface area contributed by atoms with E-state index in [0.29, 0.717) is 0 Å². The molecule has 30 heavy (non-hydrogen) atoms. The second kappa shape index (κ2) is 9.59. The monoisotopic (exact) mass is 483 g/mol. The van der Waals surface area contributed by atoms with Crippen molar-refractivity contribution in [2.24, 2.45) is 7.05 Å². The molecule has 5 heteroatoms. The number of fused-ring (bicyclic) bond motifs is 2. The van der Waals surface area contributed by atoms with Crippen LogP contribution < -0.4 is 9.75 Å². The van der Waals surface area contributed by atoms with Gasteiger partial charge >= 0.3 is 0 Å². The van der Waals surface area contributed by atoms with Crippen LogP contribution in [0.2, 0.25) is 18.1 Å². The summed E-state index contributed by atoms with van der Waals surface area (Å²) in [5, 5.41) is 1.76. The number of nitrogens with zero attached hydrogens (tertiary/aromatic N) is 2. The molecule has 2 aliphatic rings. The average Bonchev–Trinajstić information content (AvgIpc) is 3.06. The molecule has 2 nitrogen and oxygen atoms in total. The summed E-state index contributed by atoms with van der Waals surface area (Å²) < 4.78 is 2.37. The summed E-state index contributed by atoms with van der Waals surface area (Å²) >= 11 is 0. The first kappa shape index (κ1) is 23.6. The van der Waals surface area contributed by atoms with Gasteiger partial charge in [-0.25, -0.2) is 15.7 Å². The van der Waals surface area contributed by atoms with Crippen LogP contribution in [0.5, 0.6) is 0 Å². The molecule has 4 radical (unpaired) electrons. The Labute approximate surface area is 209 Å². The first-order chi connectivity index (χ1) is 13.7. The zero-order valence-corrected chi connectivity index (χ0v) is 21.9. The maximum atomic E-state index is 4.09. The summed E-state index contributed by atoms with van der Waals surface area (Å²) in [6, 6.07) is 20.2. The molecular formula is C25H27BN2SiY-. The van der Waals surface area contributed by atoms with Crippen molar-refractivity contribution in [2.45, 2.75) is 50.7 Å². The molecule has 3 aromatic rings. The number of hydrogen-bond acceptors (Lipinski definition) is 1. The Morgan fingerprint density at radius 1 is 1.03 bits per heavy atom. The molecule has 1 spiro atoms. The van der Waals surface area contributed by atoms with Gasteiger partial charge in [0, 0.05) is 46.3 Å². The Morgan fingerprint density at radius 2 is 1.83 bits per heavy atom. The number of aryl methyl sites for hydroxylation is 3. The van der Waals surface area contributed by atoms with E-state index in [2.05, 4.69) is 60.1 Å². The van der Waals surface area contributed by atoms with E-state index in [0.717, 1.165) is 11.1 Å². The van der Waals surface area contributed by atoms with Gasteiger partial charge in [0.1, 0.15) is 12.7 Å². The van der Waals surface area contributed by atoms with Crippen LogP contribution in [0.3, 0.4) is 0 Å². The smallest absolute Gasteiger partial charge is 0.161 e. The van der Waals surface area contributed by atoms with Crippen LogP contribution in [0, 0.1) is 19.1 Å². The first-order valence-electron chi connectivity index (χ1n) is 10.5. The molecule has 0 N–H and O–H groups in total. The number of aromatic nitrogens is 2. The van der Waals surface area contributed by atoms with Gasteiger partial charge in [0.15, 0.2) is 6.20 Å². The van der Waals surface area contributed by atoms with Crippen LogP contribution in [0.15, 0.2) is 42.9 Å². The normalized spacial score (nSPS) is 16.5. The molecule has 1 saturated heterocycles. The molecule has 148 valence electrons. The van der Waals surface area contributed by atoms with Gasteiger partial charge in [-0.05, 0) is 36.5 Å². The van der Waals surface area contributed by atoms with Crippen molar-refractivity contribution in [3.05, 3.63) is 66.1 Å². The average molecular weight is 483 g/mol. The van der Waals surface area contributed by atoms with E-state index in [-0.39, 0.29) is 41.1 Å². The number of benzene rings is 1. The summed E-state index contributed by atoms with van der Waals surface area (Å²) in [4.78, 5) is 4.09. The van der Waals surface area contributed by atoms with E-state index in [1.807, 2.05) is 12.3 Å². The van der Waals surface area contributed by atoms with E-state index in [4.69, 9.17) is 0 Å². The standard InChI is InChI=1S/C25H27N2Si.B.Y/c1-19-6-7-21(20-8-11-26-12-9-20)16-23(19)24-17-22-10-15-28(13-4-3-5-14-28)25(22)18-27(24)2;;/h6-8,11-12,17-18H,3-5,10,13-15H2,1-2H3;;/q-1;;. The Morgan fingerprint density at radius 3 is 2.57 bits per heavy atom. The Bertz CT molecular complexity index is 1030. The fourth-order valence-corrected chi connectivity index (χ4v) is 10.9. The summed E-state index contributed by atoms with van der Waals surface area (Å²) in [6.45, 7) is 2.19. The van der Waals surface area contributed by atoms with Gasteiger partial charge in [-0.1, -0.05) is 43.8 Å². The van der Waals surface area contributed by atoms with Crippen LogP contribution >= 0.6 is 0 Å². The number of hydrogen-bond donors (Lipinski definition) is 0. The first-order valence-corrected chi connectivity index (χ1v) is 13.2. The predicted molar refractivity (Wildman–Crippen MR) is 122 cm³/mol. The topological polar surface area (TPSA) is 16.8 Å². The molecule has 0 bridgehead atoms. The largest absolute Gasteiger partial charge is 0.293 e. The molecule has 0 amide bonds. The van der Waals surface area contributed by atoms with Crippen molar-refractivity contribution < 1.29 is 37.3 Å². The fourth-order valence-electron chi connectivity index (χ4n) is 5.35. The van der Waals surface area contributed by atoms with Gasteiger partial charge in [0.05, 0.1) is 8.07 Å². The van der Waals surface area contributed by atoms with Gasteiger partial charge in [-0.2, -0.15) is 24.3 Å². The van der Waals surface area contributed by atoms with Crippen LogP contribution in [0.25, 0.3) is 22.4 Å². The summed E-state index contributed by atoms with van der Waals surface area (Å²) in [7, 11) is 1.00. The molecular weight excluding hydrogens is 456 g/mol. The minimum Gasteiger partial charge on any atom is -0.293 e. The molecule has 2 aromatic heterocycles. The maximum Gasteiger partial charge on any atom is 0.161 e. The van der Waals surface area contributed by atoms with Gasteiger partial charge in [0.2, 0.25) is 0 Å². The van der Waals surface area contributed by atoms with Crippen molar-refractivity contribution in [2.75, 3.05) is 0 Å². The van der Waals surface area contributed by atoms with Crippen LogP contribution in [0.1, 0.15) is 30.4 Å². The maximum absolute atomic E-state index is 4.09. The van der Waals surface area contributed by atoms with Crippen molar-refractivity contribution in [1.29, 1.82) is 0 Å². The van der Waals surface area contributed by atoms with Crippen LogP contribution in [-0.2, 0) is 46.2 Å². The molecule has 4 heterocycles. The van der Waals surface area contributed by atoms with Crippen molar-refractivity contribution in [1.82, 2.24) is 4.98 Å². The third kappa shape index (κ3) is 4.16.